The third-order valence-corrected chi connectivity index (χ3v) is 4.92. The summed E-state index contributed by atoms with van der Waals surface area (Å²) in [6.45, 7) is 2.28. The van der Waals surface area contributed by atoms with Crippen LogP contribution in [0.3, 0.4) is 0 Å². The normalized spacial score (nSPS) is 17.4. The summed E-state index contributed by atoms with van der Waals surface area (Å²) >= 11 is 5.95. The number of amides is 2. The fourth-order valence-corrected chi connectivity index (χ4v) is 3.47. The maximum Gasteiger partial charge on any atom is 0.321 e. The van der Waals surface area contributed by atoms with Gasteiger partial charge in [0.25, 0.3) is 0 Å². The van der Waals surface area contributed by atoms with Crippen molar-refractivity contribution in [2.45, 2.75) is 19.3 Å². The minimum Gasteiger partial charge on any atom is -0.330 e. The second-order valence-corrected chi connectivity index (χ2v) is 6.99. The molecule has 25 heavy (non-hydrogen) atoms. The summed E-state index contributed by atoms with van der Waals surface area (Å²) in [5, 5.41) is 3.74. The fraction of sp³-hybridized carbons (Fsp3) is 0.350. The lowest BCUT2D eigenvalue weighted by Gasteiger charge is -2.32. The minimum absolute atomic E-state index is 0.0324. The van der Waals surface area contributed by atoms with Gasteiger partial charge in [-0.15, -0.1) is 0 Å². The van der Waals surface area contributed by atoms with Crippen molar-refractivity contribution in [3.63, 3.8) is 0 Å². The molecule has 1 unspecified atom stereocenters. The Kier molecular flexibility index (Phi) is 5.95. The predicted octanol–water partition coefficient (Wildman–Crippen LogP) is 4.60. The van der Waals surface area contributed by atoms with Gasteiger partial charge in [-0.3, -0.25) is 0 Å². The van der Waals surface area contributed by atoms with Gasteiger partial charge in [-0.1, -0.05) is 35.9 Å². The smallest absolute Gasteiger partial charge is 0.321 e. The van der Waals surface area contributed by atoms with E-state index in [1.165, 1.54) is 0 Å². The highest BCUT2D eigenvalue weighted by molar-refractivity contribution is 6.30. The third-order valence-electron chi connectivity index (χ3n) is 4.67. The van der Waals surface area contributed by atoms with E-state index in [0.29, 0.717) is 17.5 Å². The van der Waals surface area contributed by atoms with E-state index in [9.17, 15) is 4.79 Å². The van der Waals surface area contributed by atoms with Crippen molar-refractivity contribution in [2.75, 3.05) is 25.0 Å². The van der Waals surface area contributed by atoms with E-state index >= 15 is 0 Å². The number of halogens is 1. The second kappa shape index (κ2) is 8.37. The van der Waals surface area contributed by atoms with Crippen molar-refractivity contribution in [2.24, 2.45) is 11.7 Å². The number of hydrogen-bond donors (Lipinski definition) is 2. The molecule has 1 saturated heterocycles. The Morgan fingerprint density at radius 3 is 2.76 bits per heavy atom. The summed E-state index contributed by atoms with van der Waals surface area (Å²) in [6.07, 6.45) is 3.19. The van der Waals surface area contributed by atoms with Crippen molar-refractivity contribution in [1.29, 1.82) is 0 Å². The molecule has 1 aliphatic heterocycles. The number of nitrogens with zero attached hydrogens (tertiary/aromatic N) is 1. The van der Waals surface area contributed by atoms with Gasteiger partial charge in [-0.2, -0.15) is 0 Å². The van der Waals surface area contributed by atoms with Crippen LogP contribution in [0.25, 0.3) is 11.1 Å². The molecule has 0 aliphatic carbocycles. The molecule has 1 heterocycles. The number of likely N-dealkylation sites (tertiary alicyclic amines) is 1. The maximum atomic E-state index is 12.6. The Morgan fingerprint density at radius 1 is 1.20 bits per heavy atom. The highest BCUT2D eigenvalue weighted by Crippen LogP contribution is 2.25. The zero-order valence-corrected chi connectivity index (χ0v) is 15.0. The van der Waals surface area contributed by atoms with Gasteiger partial charge in [0.1, 0.15) is 0 Å². The number of anilines is 1. The SMILES string of the molecule is NCCC1CCCN(C(=O)Nc2cccc(-c3ccc(Cl)cc3)c2)C1. The first-order valence-corrected chi connectivity index (χ1v) is 9.15. The van der Waals surface area contributed by atoms with Crippen molar-refractivity contribution < 1.29 is 4.79 Å². The summed E-state index contributed by atoms with van der Waals surface area (Å²) in [4.78, 5) is 14.5. The first-order chi connectivity index (χ1) is 12.2. The van der Waals surface area contributed by atoms with E-state index in [-0.39, 0.29) is 6.03 Å². The highest BCUT2D eigenvalue weighted by Gasteiger charge is 2.23. The van der Waals surface area contributed by atoms with Crippen LogP contribution >= 0.6 is 11.6 Å². The lowest BCUT2D eigenvalue weighted by atomic mass is 9.95. The number of nitrogens with two attached hydrogens (primary N) is 1. The second-order valence-electron chi connectivity index (χ2n) is 6.55. The molecule has 132 valence electrons. The first-order valence-electron chi connectivity index (χ1n) is 8.77. The van der Waals surface area contributed by atoms with Crippen molar-refractivity contribution >= 4 is 23.3 Å². The topological polar surface area (TPSA) is 58.4 Å². The molecule has 2 aromatic carbocycles. The number of carbonyl (C=O) groups is 1. The van der Waals surface area contributed by atoms with Gasteiger partial charge in [0.05, 0.1) is 0 Å². The summed E-state index contributed by atoms with van der Waals surface area (Å²) < 4.78 is 0. The van der Waals surface area contributed by atoms with Crippen molar-refractivity contribution in [3.05, 3.63) is 53.6 Å². The van der Waals surface area contributed by atoms with Gasteiger partial charge < -0.3 is 16.0 Å². The average molecular weight is 358 g/mol. The molecule has 1 fully saturated rings. The standard InChI is InChI=1S/C20H24ClN3O/c21-18-8-6-16(7-9-18)17-4-1-5-19(13-17)23-20(25)24-12-2-3-15(14-24)10-11-22/h1,4-9,13,15H,2-3,10-12,14,22H2,(H,23,25). The highest BCUT2D eigenvalue weighted by atomic mass is 35.5. The fourth-order valence-electron chi connectivity index (χ4n) is 3.34. The number of urea groups is 1. The summed E-state index contributed by atoms with van der Waals surface area (Å²) in [7, 11) is 0. The maximum absolute atomic E-state index is 12.6. The Hall–Kier alpha value is -2.04. The van der Waals surface area contributed by atoms with Gasteiger partial charge in [-0.05, 0) is 67.1 Å². The molecule has 0 spiro atoms. The summed E-state index contributed by atoms with van der Waals surface area (Å²) in [5.41, 5.74) is 8.58. The number of piperidine rings is 1. The Labute approximate surface area is 154 Å². The Bertz CT molecular complexity index is 715. The number of rotatable bonds is 4. The van der Waals surface area contributed by atoms with Crippen LogP contribution in [0.15, 0.2) is 48.5 Å². The summed E-state index contributed by atoms with van der Waals surface area (Å²) in [5.74, 6) is 0.518. The van der Waals surface area contributed by atoms with Crippen LogP contribution in [-0.2, 0) is 0 Å². The van der Waals surface area contributed by atoms with Crippen molar-refractivity contribution in [1.82, 2.24) is 4.90 Å². The number of nitrogens with one attached hydrogen (secondary N) is 1. The molecular weight excluding hydrogens is 334 g/mol. The number of hydrogen-bond acceptors (Lipinski definition) is 2. The van der Waals surface area contributed by atoms with Crippen molar-refractivity contribution in [3.8, 4) is 11.1 Å². The lowest BCUT2D eigenvalue weighted by molar-refractivity contribution is 0.175. The van der Waals surface area contributed by atoms with Crippen LogP contribution in [0, 0.1) is 5.92 Å². The van der Waals surface area contributed by atoms with E-state index in [4.69, 9.17) is 17.3 Å². The van der Waals surface area contributed by atoms with E-state index in [1.54, 1.807) is 0 Å². The van der Waals surface area contributed by atoms with Crippen LogP contribution in [0.4, 0.5) is 10.5 Å². The molecule has 3 N–H and O–H groups in total. The Balaban J connectivity index is 1.67. The third kappa shape index (κ3) is 4.74. The molecular formula is C20H24ClN3O. The van der Waals surface area contributed by atoms with Gasteiger partial charge in [0.15, 0.2) is 0 Å². The molecule has 0 radical (unpaired) electrons. The van der Waals surface area contributed by atoms with Gasteiger partial charge in [0, 0.05) is 23.8 Å². The molecule has 5 heteroatoms. The van der Waals surface area contributed by atoms with E-state index < -0.39 is 0 Å². The molecule has 2 amide bonds. The number of carbonyl (C=O) groups excluding carboxylic acids is 1. The van der Waals surface area contributed by atoms with Crippen LogP contribution in [-0.4, -0.2) is 30.6 Å². The molecule has 0 bridgehead atoms. The molecule has 4 nitrogen and oxygen atoms in total. The molecule has 3 rings (SSSR count). The van der Waals surface area contributed by atoms with Crippen LogP contribution in [0.2, 0.25) is 5.02 Å². The van der Waals surface area contributed by atoms with E-state index in [1.807, 2.05) is 53.4 Å². The van der Waals surface area contributed by atoms with Gasteiger partial charge in [0.2, 0.25) is 0 Å². The van der Waals surface area contributed by atoms with Gasteiger partial charge >= 0.3 is 6.03 Å². The monoisotopic (exact) mass is 357 g/mol. The molecule has 0 aromatic heterocycles. The molecule has 0 saturated carbocycles. The van der Waals surface area contributed by atoms with Crippen LogP contribution < -0.4 is 11.1 Å². The zero-order valence-electron chi connectivity index (χ0n) is 14.2. The Morgan fingerprint density at radius 2 is 2.00 bits per heavy atom. The summed E-state index contributed by atoms with van der Waals surface area (Å²) in [6, 6.07) is 15.5. The largest absolute Gasteiger partial charge is 0.330 e. The number of benzene rings is 2. The van der Waals surface area contributed by atoms with Crippen LogP contribution in [0.1, 0.15) is 19.3 Å². The molecule has 1 atom stereocenters. The van der Waals surface area contributed by atoms with Crippen LogP contribution in [0.5, 0.6) is 0 Å². The zero-order chi connectivity index (χ0) is 17.6. The molecule has 2 aromatic rings. The van der Waals surface area contributed by atoms with E-state index in [0.717, 1.165) is 49.2 Å². The van der Waals surface area contributed by atoms with E-state index in [2.05, 4.69) is 5.32 Å². The molecule has 1 aliphatic rings. The predicted molar refractivity (Wildman–Crippen MR) is 104 cm³/mol. The lowest BCUT2D eigenvalue weighted by Crippen LogP contribution is -2.42. The minimum atomic E-state index is -0.0324. The average Bonchev–Trinajstić information content (AvgIpc) is 2.63. The first kappa shape index (κ1) is 17.8. The van der Waals surface area contributed by atoms with Gasteiger partial charge in [-0.25, -0.2) is 4.79 Å². The quantitative estimate of drug-likeness (QED) is 0.840.